The fourth-order valence-corrected chi connectivity index (χ4v) is 3.39. The van der Waals surface area contributed by atoms with Crippen LogP contribution in [0.1, 0.15) is 47.0 Å². The van der Waals surface area contributed by atoms with E-state index in [9.17, 15) is 15.1 Å². The van der Waals surface area contributed by atoms with Gasteiger partial charge in [0.1, 0.15) is 11.9 Å². The number of esters is 1. The minimum atomic E-state index is -1.46. The molecule has 25 heavy (non-hydrogen) atoms. The number of quaternary nitrogens is 1. The summed E-state index contributed by atoms with van der Waals surface area (Å²) in [6.07, 6.45) is 0.279. The summed E-state index contributed by atoms with van der Waals surface area (Å²) in [6, 6.07) is 0. The van der Waals surface area contributed by atoms with Crippen LogP contribution >= 0.6 is 0 Å². The lowest BCUT2D eigenvalue weighted by Gasteiger charge is -2.52. The molecule has 0 aromatic heterocycles. The molecule has 9 heteroatoms. The Labute approximate surface area is 147 Å². The molecule has 0 bridgehead atoms. The number of nitrogens with zero attached hydrogens (tertiary/aromatic N) is 1. The van der Waals surface area contributed by atoms with Gasteiger partial charge in [0.25, 0.3) is 0 Å². The maximum Gasteiger partial charge on any atom is 0.327 e. The zero-order chi connectivity index (χ0) is 19.6. The minimum Gasteiger partial charge on any atom is -0.865 e. The lowest BCUT2D eigenvalue weighted by molar-refractivity contribution is -1.30. The van der Waals surface area contributed by atoms with Crippen LogP contribution in [0.4, 0.5) is 0 Å². The number of piperidine rings is 1. The molecule has 0 aromatic carbocycles. The number of hydrogen-bond acceptors (Lipinski definition) is 8. The highest BCUT2D eigenvalue weighted by Crippen LogP contribution is 2.43. The summed E-state index contributed by atoms with van der Waals surface area (Å²) in [4.78, 5) is 15.5. The maximum absolute atomic E-state index is 10.6. The third-order valence-electron chi connectivity index (χ3n) is 4.94. The fourth-order valence-electron chi connectivity index (χ4n) is 3.39. The van der Waals surface area contributed by atoms with Crippen molar-refractivity contribution in [3.8, 4) is 0 Å². The summed E-state index contributed by atoms with van der Waals surface area (Å²) in [5.74, 6) is -3.25. The topological polar surface area (TPSA) is 140 Å². The lowest BCUT2D eigenvalue weighted by atomic mass is 9.81. The van der Waals surface area contributed by atoms with Crippen molar-refractivity contribution < 1.29 is 44.8 Å². The number of hydrogen-bond donors (Lipinski definition) is 4. The van der Waals surface area contributed by atoms with Crippen LogP contribution in [0.3, 0.4) is 0 Å². The Morgan fingerprint density at radius 1 is 1.32 bits per heavy atom. The van der Waals surface area contributed by atoms with Crippen molar-refractivity contribution in [2.45, 2.75) is 70.2 Å². The molecule has 2 aliphatic rings. The van der Waals surface area contributed by atoms with Gasteiger partial charge in [0.05, 0.1) is 13.7 Å². The molecule has 0 unspecified atom stereocenters. The number of cyclic esters (lactones) is 1. The Morgan fingerprint density at radius 3 is 2.08 bits per heavy atom. The smallest absolute Gasteiger partial charge is 0.327 e. The van der Waals surface area contributed by atoms with E-state index < -0.39 is 36.3 Å². The van der Waals surface area contributed by atoms with Crippen molar-refractivity contribution in [1.82, 2.24) is 0 Å². The number of ether oxygens (including phenoxy) is 1. The van der Waals surface area contributed by atoms with Gasteiger partial charge in [-0.3, -0.25) is 0 Å². The summed E-state index contributed by atoms with van der Waals surface area (Å²) >= 11 is 0. The van der Waals surface area contributed by atoms with Gasteiger partial charge in [-0.05, 0) is 38.9 Å². The van der Waals surface area contributed by atoms with Crippen molar-refractivity contribution in [1.29, 1.82) is 0 Å². The van der Waals surface area contributed by atoms with E-state index in [-0.39, 0.29) is 15.9 Å². The molecule has 1 fully saturated rings. The van der Waals surface area contributed by atoms with Crippen LogP contribution in [0.25, 0.3) is 0 Å². The second-order valence-corrected chi connectivity index (χ2v) is 7.53. The van der Waals surface area contributed by atoms with Crippen LogP contribution in [-0.4, -0.2) is 68.3 Å². The van der Waals surface area contributed by atoms with Gasteiger partial charge in [-0.2, -0.15) is 10.0 Å². The molecule has 0 radical (unpaired) electrons. The number of aliphatic hydroxyl groups is 3. The van der Waals surface area contributed by atoms with Crippen molar-refractivity contribution in [3.05, 3.63) is 11.5 Å². The van der Waals surface area contributed by atoms with E-state index in [4.69, 9.17) is 20.2 Å². The highest BCUT2D eigenvalue weighted by Gasteiger charge is 2.59. The van der Waals surface area contributed by atoms with Gasteiger partial charge >= 0.3 is 5.97 Å². The summed E-state index contributed by atoms with van der Waals surface area (Å²) in [6.45, 7) is 7.51. The Kier molecular flexibility index (Phi) is 6.47. The molecule has 0 amide bonds. The molecule has 2 aliphatic heterocycles. The average Bonchev–Trinajstić information content (AvgIpc) is 2.79. The molecule has 2 atom stereocenters. The van der Waals surface area contributed by atoms with Crippen LogP contribution in [0, 0.1) is 0 Å². The summed E-state index contributed by atoms with van der Waals surface area (Å²) < 4.78 is 4.25. The Balaban J connectivity index is 0.000000251. The zero-order valence-electron chi connectivity index (χ0n) is 15.4. The van der Waals surface area contributed by atoms with Crippen LogP contribution < -0.4 is 5.11 Å². The number of aliphatic hydroxyl groups excluding tert-OH is 3. The van der Waals surface area contributed by atoms with Crippen molar-refractivity contribution >= 4 is 5.97 Å². The standard InChI is InChI=1S/C10H22NO2.C6H8O6/c1-9(2)7-6-8-10(3,4)11(9,12)13-5;7-1-2(8)5-3(9)4(10)6(11)12-5/h12H,6-8H2,1-5H3;2,5,7-10H,1H2/q+1;/p-1/t;2-,5+/m.0/s1. The highest BCUT2D eigenvalue weighted by atomic mass is 16.9. The predicted octanol–water partition coefficient (Wildman–Crippen LogP) is -0.110. The Bertz CT molecular complexity index is 512. The van der Waals surface area contributed by atoms with E-state index in [1.165, 1.54) is 0 Å². The molecule has 4 N–H and O–H groups in total. The van der Waals surface area contributed by atoms with Crippen molar-refractivity contribution in [2.24, 2.45) is 0 Å². The lowest BCUT2D eigenvalue weighted by Crippen LogP contribution is -2.70. The fraction of sp³-hybridized carbons (Fsp3) is 0.812. The quantitative estimate of drug-likeness (QED) is 0.402. The first-order valence-electron chi connectivity index (χ1n) is 8.12. The van der Waals surface area contributed by atoms with Gasteiger partial charge in [0.15, 0.2) is 17.2 Å². The van der Waals surface area contributed by atoms with Gasteiger partial charge in [-0.25, -0.2) is 4.79 Å². The highest BCUT2D eigenvalue weighted by molar-refractivity contribution is 5.88. The zero-order valence-corrected chi connectivity index (χ0v) is 15.4. The minimum absolute atomic E-state index is 0.212. The first-order valence-corrected chi connectivity index (χ1v) is 8.12. The summed E-state index contributed by atoms with van der Waals surface area (Å²) in [7, 11) is 1.58. The third kappa shape index (κ3) is 3.90. The largest absolute Gasteiger partial charge is 0.865 e. The molecule has 2 heterocycles. The normalized spacial score (nSPS) is 28.0. The molecule has 0 saturated carbocycles. The second kappa shape index (κ2) is 7.46. The predicted molar refractivity (Wildman–Crippen MR) is 83.7 cm³/mol. The van der Waals surface area contributed by atoms with Gasteiger partial charge in [0.2, 0.25) is 0 Å². The van der Waals surface area contributed by atoms with Crippen LogP contribution in [0.15, 0.2) is 11.5 Å². The van der Waals surface area contributed by atoms with Gasteiger partial charge in [-0.15, -0.1) is 0 Å². The maximum atomic E-state index is 10.6. The molecule has 1 saturated heterocycles. The number of carbonyl (C=O) groups is 1. The molecule has 0 aliphatic carbocycles. The summed E-state index contributed by atoms with van der Waals surface area (Å²) in [5, 5.41) is 47.2. The van der Waals surface area contributed by atoms with E-state index in [1.54, 1.807) is 7.11 Å². The first kappa shape index (κ1) is 21.7. The molecular weight excluding hydrogens is 334 g/mol. The van der Waals surface area contributed by atoms with E-state index >= 15 is 0 Å². The van der Waals surface area contributed by atoms with Crippen molar-refractivity contribution in [2.75, 3.05) is 13.7 Å². The van der Waals surface area contributed by atoms with Crippen LogP contribution in [-0.2, 0) is 14.4 Å². The number of hydroxylamine groups is 4. The Morgan fingerprint density at radius 2 is 1.80 bits per heavy atom. The molecule has 146 valence electrons. The number of rotatable bonds is 3. The van der Waals surface area contributed by atoms with Crippen LogP contribution in [0.2, 0.25) is 0 Å². The molecule has 0 spiro atoms. The molecule has 9 nitrogen and oxygen atoms in total. The molecule has 2 rings (SSSR count). The second-order valence-electron chi connectivity index (χ2n) is 7.53. The first-order chi connectivity index (χ1) is 11.3. The molecular formula is C16H29NO8. The van der Waals surface area contributed by atoms with Gasteiger partial charge < -0.3 is 25.2 Å². The third-order valence-corrected chi connectivity index (χ3v) is 4.94. The van der Waals surface area contributed by atoms with Gasteiger partial charge in [-0.1, -0.05) is 0 Å². The van der Waals surface area contributed by atoms with Crippen molar-refractivity contribution in [3.63, 3.8) is 0 Å². The molecule has 0 aromatic rings. The SMILES string of the molecule is CO[N+]1(O)C(C)(C)CCCC1(C)C.O=C1O[C@H]([C@@H](O)CO)C(O)=C1[O-]. The van der Waals surface area contributed by atoms with Gasteiger partial charge in [0, 0.05) is 18.6 Å². The van der Waals surface area contributed by atoms with E-state index in [2.05, 4.69) is 32.4 Å². The van der Waals surface area contributed by atoms with E-state index in [0.29, 0.717) is 0 Å². The summed E-state index contributed by atoms with van der Waals surface area (Å²) in [5.41, 5.74) is -0.424. The van der Waals surface area contributed by atoms with E-state index in [1.807, 2.05) is 0 Å². The average molecular weight is 363 g/mol. The number of carbonyl (C=O) groups excluding carboxylic acids is 1. The monoisotopic (exact) mass is 363 g/mol. The van der Waals surface area contributed by atoms with E-state index in [0.717, 1.165) is 19.3 Å². The van der Waals surface area contributed by atoms with Crippen LogP contribution in [0.5, 0.6) is 0 Å². The Hall–Kier alpha value is -1.39.